The first-order valence-electron chi connectivity index (χ1n) is 12.1. The summed E-state index contributed by atoms with van der Waals surface area (Å²) in [5, 5.41) is 0. The Morgan fingerprint density at radius 2 is 1.32 bits per heavy atom. The van der Waals surface area contributed by atoms with Crippen LogP contribution in [0.15, 0.2) is 79.4 Å². The van der Waals surface area contributed by atoms with Crippen molar-refractivity contribution < 1.29 is 0 Å². The maximum Gasteiger partial charge on any atom is 0.179 e. The van der Waals surface area contributed by atoms with E-state index < -0.39 is 0 Å². The van der Waals surface area contributed by atoms with Crippen LogP contribution in [0.2, 0.25) is 0 Å². The maximum atomic E-state index is 5.11. The molecule has 2 heterocycles. The van der Waals surface area contributed by atoms with Crippen molar-refractivity contribution in [2.75, 3.05) is 9.80 Å². The van der Waals surface area contributed by atoms with E-state index in [0.29, 0.717) is 11.8 Å². The quantitative estimate of drug-likeness (QED) is 0.290. The van der Waals surface area contributed by atoms with Gasteiger partial charge in [-0.1, -0.05) is 70.7 Å². The highest BCUT2D eigenvalue weighted by atomic mass is 15.5. The molecule has 1 atom stereocenters. The number of hydrogen-bond donors (Lipinski definition) is 0. The minimum atomic E-state index is -0.139. The largest absolute Gasteiger partial charge is 0.298 e. The summed E-state index contributed by atoms with van der Waals surface area (Å²) in [7, 11) is 0. The van der Waals surface area contributed by atoms with E-state index >= 15 is 0 Å². The normalized spacial score (nSPS) is 15.4. The van der Waals surface area contributed by atoms with Crippen LogP contribution in [0.25, 0.3) is 11.0 Å². The van der Waals surface area contributed by atoms with Gasteiger partial charge in [0.15, 0.2) is 11.6 Å². The summed E-state index contributed by atoms with van der Waals surface area (Å²) in [5.74, 6) is 2.68. The highest BCUT2D eigenvalue weighted by Gasteiger charge is 2.39. The lowest BCUT2D eigenvalue weighted by molar-refractivity contribution is 0.819. The summed E-state index contributed by atoms with van der Waals surface area (Å²) >= 11 is 0. The Labute approximate surface area is 202 Å². The molecule has 0 bridgehead atoms. The Balaban J connectivity index is 1.72. The van der Waals surface area contributed by atoms with Gasteiger partial charge >= 0.3 is 0 Å². The van der Waals surface area contributed by atoms with E-state index in [-0.39, 0.29) is 6.17 Å². The van der Waals surface area contributed by atoms with Gasteiger partial charge in [0.2, 0.25) is 0 Å². The predicted octanol–water partition coefficient (Wildman–Crippen LogP) is 7.99. The third kappa shape index (κ3) is 3.63. The zero-order valence-electron chi connectivity index (χ0n) is 20.7. The van der Waals surface area contributed by atoms with E-state index in [4.69, 9.17) is 9.97 Å². The molecule has 5 rings (SSSR count). The number of para-hydroxylation sites is 2. The van der Waals surface area contributed by atoms with Gasteiger partial charge in [0.05, 0.1) is 11.0 Å². The fourth-order valence-electron chi connectivity index (χ4n) is 4.74. The van der Waals surface area contributed by atoms with Gasteiger partial charge in [0, 0.05) is 11.4 Å². The summed E-state index contributed by atoms with van der Waals surface area (Å²) in [6.45, 7) is 15.3. The Kier molecular flexibility index (Phi) is 5.60. The van der Waals surface area contributed by atoms with Crippen LogP contribution in [0.1, 0.15) is 56.2 Å². The van der Waals surface area contributed by atoms with Crippen molar-refractivity contribution in [3.05, 3.63) is 96.1 Å². The van der Waals surface area contributed by atoms with Gasteiger partial charge in [-0.15, -0.1) is 0 Å². The molecule has 1 aliphatic heterocycles. The lowest BCUT2D eigenvalue weighted by Crippen LogP contribution is -2.37. The van der Waals surface area contributed by atoms with E-state index in [1.54, 1.807) is 0 Å². The van der Waals surface area contributed by atoms with Gasteiger partial charge in [-0.3, -0.25) is 9.80 Å². The van der Waals surface area contributed by atoms with Gasteiger partial charge < -0.3 is 0 Å². The van der Waals surface area contributed by atoms with Crippen molar-refractivity contribution in [2.24, 2.45) is 0 Å². The third-order valence-corrected chi connectivity index (χ3v) is 6.72. The maximum absolute atomic E-state index is 5.11. The van der Waals surface area contributed by atoms with Crippen LogP contribution in [-0.2, 0) is 0 Å². The average molecular weight is 449 g/mol. The molecule has 4 nitrogen and oxygen atoms in total. The Morgan fingerprint density at radius 3 is 1.85 bits per heavy atom. The Morgan fingerprint density at radius 1 is 0.765 bits per heavy atom. The van der Waals surface area contributed by atoms with Gasteiger partial charge in [0.25, 0.3) is 0 Å². The van der Waals surface area contributed by atoms with Crippen molar-refractivity contribution in [3.8, 4) is 0 Å². The number of aromatic nitrogens is 2. The molecule has 0 amide bonds. The topological polar surface area (TPSA) is 32.3 Å². The summed E-state index contributed by atoms with van der Waals surface area (Å²) in [6, 6.07) is 23.6. The molecule has 1 aromatic heterocycles. The van der Waals surface area contributed by atoms with Crippen LogP contribution in [-0.4, -0.2) is 16.1 Å². The number of benzene rings is 3. The van der Waals surface area contributed by atoms with Crippen LogP contribution in [0.3, 0.4) is 0 Å². The second-order valence-corrected chi connectivity index (χ2v) is 9.70. The molecule has 0 spiro atoms. The van der Waals surface area contributed by atoms with Crippen LogP contribution in [0, 0.1) is 6.92 Å². The molecule has 0 N–H and O–H groups in total. The van der Waals surface area contributed by atoms with Gasteiger partial charge in [-0.25, -0.2) is 9.97 Å². The van der Waals surface area contributed by atoms with Crippen LogP contribution < -0.4 is 9.80 Å². The standard InChI is InChI=1S/C30H32N4/c1-7-28-33(24-15-12-22(13-16-24)19(2)3)29-30(32-26-11-9-8-10-25(26)31-29)34(28)27-17-14-23(20(4)5)18-21(27)6/h7-20,28H,1H2,2-6H3. The van der Waals surface area contributed by atoms with Crippen molar-refractivity contribution in [3.63, 3.8) is 0 Å². The lowest BCUT2D eigenvalue weighted by atomic mass is 10.00. The van der Waals surface area contributed by atoms with E-state index in [0.717, 1.165) is 34.0 Å². The number of anilines is 4. The minimum absolute atomic E-state index is 0.139. The first-order chi connectivity index (χ1) is 16.4. The van der Waals surface area contributed by atoms with E-state index in [2.05, 4.69) is 93.5 Å². The molecule has 0 radical (unpaired) electrons. The summed E-state index contributed by atoms with van der Waals surface area (Å²) < 4.78 is 0. The monoisotopic (exact) mass is 448 g/mol. The zero-order valence-corrected chi connectivity index (χ0v) is 20.7. The average Bonchev–Trinajstić information content (AvgIpc) is 3.15. The fraction of sp³-hybridized carbons (Fsp3) is 0.267. The molecule has 4 heteroatoms. The second kappa shape index (κ2) is 8.60. The molecular formula is C30H32N4. The van der Waals surface area contributed by atoms with Crippen LogP contribution in [0.5, 0.6) is 0 Å². The van der Waals surface area contributed by atoms with Gasteiger partial charge in [-0.2, -0.15) is 0 Å². The Bertz CT molecular complexity index is 1350. The third-order valence-electron chi connectivity index (χ3n) is 6.72. The molecule has 0 fully saturated rings. The highest BCUT2D eigenvalue weighted by Crippen LogP contribution is 2.47. The molecule has 0 saturated heterocycles. The molecule has 172 valence electrons. The molecule has 0 saturated carbocycles. The predicted molar refractivity (Wildman–Crippen MR) is 144 cm³/mol. The molecule has 1 unspecified atom stereocenters. The minimum Gasteiger partial charge on any atom is -0.298 e. The molecule has 1 aliphatic rings. The Hall–Kier alpha value is -3.66. The summed E-state index contributed by atoms with van der Waals surface area (Å²) in [6.07, 6.45) is 1.85. The summed E-state index contributed by atoms with van der Waals surface area (Å²) in [5.41, 5.74) is 7.86. The van der Waals surface area contributed by atoms with E-state index in [1.807, 2.05) is 30.3 Å². The van der Waals surface area contributed by atoms with Crippen LogP contribution >= 0.6 is 0 Å². The van der Waals surface area contributed by atoms with Crippen molar-refractivity contribution in [1.82, 2.24) is 9.97 Å². The molecule has 34 heavy (non-hydrogen) atoms. The fourth-order valence-corrected chi connectivity index (χ4v) is 4.74. The molecule has 3 aromatic carbocycles. The van der Waals surface area contributed by atoms with Crippen LogP contribution in [0.4, 0.5) is 23.0 Å². The zero-order chi connectivity index (χ0) is 24.0. The van der Waals surface area contributed by atoms with Crippen molar-refractivity contribution in [2.45, 2.75) is 52.6 Å². The van der Waals surface area contributed by atoms with Gasteiger partial charge in [-0.05, 0) is 71.9 Å². The lowest BCUT2D eigenvalue weighted by Gasteiger charge is -2.31. The van der Waals surface area contributed by atoms with Crippen molar-refractivity contribution >= 4 is 34.0 Å². The van der Waals surface area contributed by atoms with Crippen molar-refractivity contribution in [1.29, 1.82) is 0 Å². The van der Waals surface area contributed by atoms with E-state index in [1.165, 1.54) is 16.7 Å². The molecular weight excluding hydrogens is 416 g/mol. The highest BCUT2D eigenvalue weighted by molar-refractivity contribution is 5.90. The first-order valence-corrected chi connectivity index (χ1v) is 12.1. The van der Waals surface area contributed by atoms with Gasteiger partial charge in [0.1, 0.15) is 6.17 Å². The number of rotatable bonds is 5. The smallest absolute Gasteiger partial charge is 0.179 e. The number of aryl methyl sites for hydroxylation is 1. The summed E-state index contributed by atoms with van der Waals surface area (Å²) in [4.78, 5) is 14.7. The van der Waals surface area contributed by atoms with E-state index in [9.17, 15) is 0 Å². The second-order valence-electron chi connectivity index (χ2n) is 9.70. The SMILES string of the molecule is C=CC1N(c2ccc(C(C)C)cc2)c2nc3ccccc3nc2N1c1ccc(C(C)C)cc1C. The first kappa shape index (κ1) is 22.1. The number of nitrogens with zero attached hydrogens (tertiary/aromatic N) is 4. The molecule has 0 aliphatic carbocycles. The number of fused-ring (bicyclic) bond motifs is 2. The molecule has 4 aromatic rings. The number of hydrogen-bond acceptors (Lipinski definition) is 4.